The van der Waals surface area contributed by atoms with Crippen LogP contribution in [0, 0.1) is 0 Å². The van der Waals surface area contributed by atoms with Crippen LogP contribution < -0.4 is 4.74 Å². The molecule has 5 nitrogen and oxygen atoms in total. The van der Waals surface area contributed by atoms with Gasteiger partial charge in [0.2, 0.25) is 0 Å². The van der Waals surface area contributed by atoms with Gasteiger partial charge in [0.05, 0.1) is 6.61 Å². The third-order valence-corrected chi connectivity index (χ3v) is 4.25. The molecule has 0 saturated heterocycles. The van der Waals surface area contributed by atoms with Crippen LogP contribution in [0.4, 0.5) is 0 Å². The van der Waals surface area contributed by atoms with E-state index in [1.54, 1.807) is 12.3 Å². The minimum absolute atomic E-state index is 0.133. The van der Waals surface area contributed by atoms with Crippen LogP contribution in [-0.2, 0) is 22.5 Å². The maximum absolute atomic E-state index is 11.5. The van der Waals surface area contributed by atoms with Gasteiger partial charge in [-0.05, 0) is 18.2 Å². The highest BCUT2D eigenvalue weighted by molar-refractivity contribution is 8.13. The van der Waals surface area contributed by atoms with Crippen molar-refractivity contribution < 1.29 is 13.2 Å². The zero-order valence-corrected chi connectivity index (χ0v) is 12.9. The number of rotatable bonds is 5. The van der Waals surface area contributed by atoms with Crippen molar-refractivity contribution in [3.63, 3.8) is 0 Å². The van der Waals surface area contributed by atoms with Gasteiger partial charge in [0, 0.05) is 41.6 Å². The maximum atomic E-state index is 11.5. The Morgan fingerprint density at radius 2 is 2.15 bits per heavy atom. The predicted octanol–water partition coefficient (Wildman–Crippen LogP) is 2.62. The standard InChI is InChI=1S/C12H12Cl2N2O3S/c1-16-6-5-15-12(16)4-7-19-10-3-2-9(13)8-11(10)20(14,17)18/h2-3,5-6,8H,4,7H2,1H3. The van der Waals surface area contributed by atoms with Crippen LogP contribution in [0.2, 0.25) is 5.02 Å². The molecule has 0 bridgehead atoms. The largest absolute Gasteiger partial charge is 0.492 e. The molecule has 0 fully saturated rings. The quantitative estimate of drug-likeness (QED) is 0.788. The van der Waals surface area contributed by atoms with Crippen molar-refractivity contribution in [1.29, 1.82) is 0 Å². The van der Waals surface area contributed by atoms with Gasteiger partial charge in [-0.1, -0.05) is 11.6 Å². The van der Waals surface area contributed by atoms with Crippen LogP contribution in [0.25, 0.3) is 0 Å². The maximum Gasteiger partial charge on any atom is 0.265 e. The van der Waals surface area contributed by atoms with Crippen molar-refractivity contribution in [2.24, 2.45) is 7.05 Å². The van der Waals surface area contributed by atoms with E-state index in [1.807, 2.05) is 17.8 Å². The molecule has 0 aliphatic heterocycles. The number of benzene rings is 1. The number of ether oxygens (including phenoxy) is 1. The van der Waals surface area contributed by atoms with Gasteiger partial charge in [-0.25, -0.2) is 13.4 Å². The van der Waals surface area contributed by atoms with Crippen molar-refractivity contribution >= 4 is 31.3 Å². The Morgan fingerprint density at radius 3 is 2.75 bits per heavy atom. The molecule has 20 heavy (non-hydrogen) atoms. The molecule has 1 aromatic heterocycles. The number of imidazole rings is 1. The molecule has 108 valence electrons. The van der Waals surface area contributed by atoms with E-state index < -0.39 is 9.05 Å². The Balaban J connectivity index is 2.12. The molecular formula is C12H12Cl2N2O3S. The lowest BCUT2D eigenvalue weighted by atomic mass is 10.3. The highest BCUT2D eigenvalue weighted by Gasteiger charge is 2.17. The Hall–Kier alpha value is -1.24. The van der Waals surface area contributed by atoms with E-state index in [1.165, 1.54) is 12.1 Å². The molecule has 0 aliphatic rings. The van der Waals surface area contributed by atoms with Gasteiger partial charge in [-0.3, -0.25) is 0 Å². The lowest BCUT2D eigenvalue weighted by Crippen LogP contribution is -2.08. The molecule has 2 aromatic rings. The molecule has 8 heteroatoms. The average Bonchev–Trinajstić information content (AvgIpc) is 2.76. The monoisotopic (exact) mass is 334 g/mol. The normalized spacial score (nSPS) is 11.6. The van der Waals surface area contributed by atoms with Crippen LogP contribution in [0.1, 0.15) is 5.82 Å². The Kier molecular flexibility index (Phi) is 4.57. The van der Waals surface area contributed by atoms with Crippen LogP contribution in [0.15, 0.2) is 35.5 Å². The fourth-order valence-electron chi connectivity index (χ4n) is 1.68. The second-order valence-corrected chi connectivity index (χ2v) is 7.05. The van der Waals surface area contributed by atoms with Gasteiger partial charge in [0.15, 0.2) is 0 Å². The number of hydrogen-bond acceptors (Lipinski definition) is 4. The summed E-state index contributed by atoms with van der Waals surface area (Å²) in [7, 11) is 3.32. The summed E-state index contributed by atoms with van der Waals surface area (Å²) in [5.41, 5.74) is 0. The minimum atomic E-state index is -3.91. The summed E-state index contributed by atoms with van der Waals surface area (Å²) >= 11 is 5.77. The minimum Gasteiger partial charge on any atom is -0.492 e. The van der Waals surface area contributed by atoms with E-state index in [-0.39, 0.29) is 22.3 Å². The summed E-state index contributed by atoms with van der Waals surface area (Å²) in [6, 6.07) is 4.29. The first-order chi connectivity index (χ1) is 9.38. The predicted molar refractivity (Wildman–Crippen MR) is 76.9 cm³/mol. The molecule has 0 unspecified atom stereocenters. The van der Waals surface area contributed by atoms with E-state index in [9.17, 15) is 8.42 Å². The van der Waals surface area contributed by atoms with Crippen LogP contribution in [0.3, 0.4) is 0 Å². The van der Waals surface area contributed by atoms with Crippen molar-refractivity contribution in [2.75, 3.05) is 6.61 Å². The zero-order chi connectivity index (χ0) is 14.8. The summed E-state index contributed by atoms with van der Waals surface area (Å²) < 4.78 is 30.3. The number of halogens is 2. The van der Waals surface area contributed by atoms with Crippen molar-refractivity contribution in [1.82, 2.24) is 9.55 Å². The van der Waals surface area contributed by atoms with Crippen molar-refractivity contribution in [3.8, 4) is 5.75 Å². The van der Waals surface area contributed by atoms with Gasteiger partial charge < -0.3 is 9.30 Å². The summed E-state index contributed by atoms with van der Waals surface area (Å²) in [5.74, 6) is 1.02. The molecule has 1 heterocycles. The first-order valence-corrected chi connectivity index (χ1v) is 8.40. The molecule has 0 N–H and O–H groups in total. The molecule has 0 radical (unpaired) electrons. The van der Waals surface area contributed by atoms with Crippen LogP contribution in [-0.4, -0.2) is 24.6 Å². The molecule has 2 rings (SSSR count). The van der Waals surface area contributed by atoms with E-state index in [4.69, 9.17) is 27.0 Å². The number of aryl methyl sites for hydroxylation is 1. The molecule has 0 amide bonds. The van der Waals surface area contributed by atoms with Crippen LogP contribution in [0.5, 0.6) is 5.75 Å². The molecule has 0 spiro atoms. The first kappa shape index (κ1) is 15.2. The summed E-state index contributed by atoms with van der Waals surface area (Å²) in [4.78, 5) is 4.02. The molecule has 1 aromatic carbocycles. The summed E-state index contributed by atoms with van der Waals surface area (Å²) in [6.45, 7) is 0.284. The topological polar surface area (TPSA) is 61.2 Å². The van der Waals surface area contributed by atoms with E-state index in [0.29, 0.717) is 6.42 Å². The van der Waals surface area contributed by atoms with Crippen LogP contribution >= 0.6 is 22.3 Å². The van der Waals surface area contributed by atoms with Gasteiger partial charge >= 0.3 is 0 Å². The zero-order valence-electron chi connectivity index (χ0n) is 10.6. The Labute approximate surface area is 126 Å². The average molecular weight is 335 g/mol. The Bertz CT molecular complexity index is 713. The third-order valence-electron chi connectivity index (χ3n) is 2.67. The van der Waals surface area contributed by atoms with E-state index >= 15 is 0 Å². The van der Waals surface area contributed by atoms with Crippen molar-refractivity contribution in [2.45, 2.75) is 11.3 Å². The highest BCUT2D eigenvalue weighted by Crippen LogP contribution is 2.29. The van der Waals surface area contributed by atoms with Gasteiger partial charge in [0.25, 0.3) is 9.05 Å². The van der Waals surface area contributed by atoms with E-state index in [0.717, 1.165) is 5.82 Å². The third kappa shape index (κ3) is 3.65. The number of aromatic nitrogens is 2. The lowest BCUT2D eigenvalue weighted by Gasteiger charge is -2.10. The molecule has 0 aliphatic carbocycles. The first-order valence-electron chi connectivity index (χ1n) is 5.71. The fourth-order valence-corrected chi connectivity index (χ4v) is 2.91. The summed E-state index contributed by atoms with van der Waals surface area (Å²) in [5, 5.41) is 0.278. The van der Waals surface area contributed by atoms with Gasteiger partial charge in [-0.15, -0.1) is 0 Å². The molecular weight excluding hydrogens is 323 g/mol. The van der Waals surface area contributed by atoms with Gasteiger partial charge in [0.1, 0.15) is 16.5 Å². The second-order valence-electron chi connectivity index (χ2n) is 4.08. The van der Waals surface area contributed by atoms with E-state index in [2.05, 4.69) is 4.98 Å². The smallest absolute Gasteiger partial charge is 0.265 e. The molecule has 0 atom stereocenters. The highest BCUT2D eigenvalue weighted by atomic mass is 35.7. The SMILES string of the molecule is Cn1ccnc1CCOc1ccc(Cl)cc1S(=O)(=O)Cl. The fraction of sp³-hybridized carbons (Fsp3) is 0.250. The Morgan fingerprint density at radius 1 is 1.40 bits per heavy atom. The number of nitrogens with zero attached hydrogens (tertiary/aromatic N) is 2. The second kappa shape index (κ2) is 6.03. The van der Waals surface area contributed by atoms with Crippen molar-refractivity contribution in [3.05, 3.63) is 41.4 Å². The molecule has 0 saturated carbocycles. The number of hydrogen-bond donors (Lipinski definition) is 0. The van der Waals surface area contributed by atoms with Gasteiger partial charge in [-0.2, -0.15) is 0 Å². The summed E-state index contributed by atoms with van der Waals surface area (Å²) in [6.07, 6.45) is 4.06. The lowest BCUT2D eigenvalue weighted by molar-refractivity contribution is 0.309.